The average Bonchev–Trinajstić information content (AvgIpc) is 3.05. The van der Waals surface area contributed by atoms with Gasteiger partial charge in [0.2, 0.25) is 4.77 Å². The third-order valence-corrected chi connectivity index (χ3v) is 3.94. The largest absolute Gasteiger partial charge is 0.507 e. The molecule has 0 saturated carbocycles. The van der Waals surface area contributed by atoms with Crippen molar-refractivity contribution in [2.24, 2.45) is 5.10 Å². The molecule has 2 N–H and O–H groups in total. The molecule has 140 valence electrons. The first kappa shape index (κ1) is 18.5. The van der Waals surface area contributed by atoms with Crippen LogP contribution in [0.1, 0.15) is 11.4 Å². The van der Waals surface area contributed by atoms with Crippen LogP contribution in [-0.2, 0) is 6.61 Å². The van der Waals surface area contributed by atoms with Crippen LogP contribution < -0.4 is 14.2 Å². The molecule has 0 radical (unpaired) electrons. The quantitative estimate of drug-likeness (QED) is 0.479. The molecule has 2 aromatic carbocycles. The summed E-state index contributed by atoms with van der Waals surface area (Å²) in [5.41, 5.74) is 0.483. The molecule has 0 aliphatic carbocycles. The number of phenolic OH excluding ortho intramolecular Hbond substituents is 1. The van der Waals surface area contributed by atoms with Crippen LogP contribution in [0.4, 0.5) is 0 Å². The van der Waals surface area contributed by atoms with Gasteiger partial charge in [0.1, 0.15) is 29.6 Å². The number of nitrogens with zero attached hydrogens (tertiary/aromatic N) is 3. The van der Waals surface area contributed by atoms with E-state index < -0.39 is 0 Å². The third-order valence-electron chi connectivity index (χ3n) is 3.67. The molecular weight excluding hydrogens is 368 g/mol. The maximum absolute atomic E-state index is 9.96. The number of ether oxygens (including phenoxy) is 3. The normalized spacial score (nSPS) is 10.9. The van der Waals surface area contributed by atoms with Gasteiger partial charge in [0.05, 0.1) is 20.4 Å². The van der Waals surface area contributed by atoms with Crippen molar-refractivity contribution < 1.29 is 19.3 Å². The summed E-state index contributed by atoms with van der Waals surface area (Å²) in [7, 11) is 3.14. The van der Waals surface area contributed by atoms with Crippen LogP contribution in [0.2, 0.25) is 0 Å². The van der Waals surface area contributed by atoms with E-state index in [1.165, 1.54) is 17.0 Å². The second-order valence-corrected chi connectivity index (χ2v) is 5.78. The number of aromatic hydroxyl groups is 1. The van der Waals surface area contributed by atoms with Crippen molar-refractivity contribution in [2.45, 2.75) is 6.61 Å². The lowest BCUT2D eigenvalue weighted by Gasteiger charge is -2.07. The first-order valence-corrected chi connectivity index (χ1v) is 8.36. The second kappa shape index (κ2) is 8.37. The van der Waals surface area contributed by atoms with Gasteiger partial charge in [0.15, 0.2) is 5.82 Å². The molecule has 1 aromatic heterocycles. The van der Waals surface area contributed by atoms with E-state index >= 15 is 0 Å². The number of aromatic nitrogens is 3. The first-order valence-electron chi connectivity index (χ1n) is 7.95. The number of phenols is 1. The maximum Gasteiger partial charge on any atom is 0.216 e. The molecule has 1 heterocycles. The SMILES string of the molecule is COc1cccc(OCc2n[nH]c(=S)n2/N=C/c2cc(OC)ccc2O)c1. The Morgan fingerprint density at radius 3 is 2.67 bits per heavy atom. The highest BCUT2D eigenvalue weighted by molar-refractivity contribution is 7.71. The van der Waals surface area contributed by atoms with Gasteiger partial charge in [0, 0.05) is 11.6 Å². The van der Waals surface area contributed by atoms with E-state index in [0.717, 1.165) is 0 Å². The van der Waals surface area contributed by atoms with Gasteiger partial charge >= 0.3 is 0 Å². The summed E-state index contributed by atoms with van der Waals surface area (Å²) in [6.07, 6.45) is 1.47. The smallest absolute Gasteiger partial charge is 0.216 e. The molecule has 0 spiro atoms. The highest BCUT2D eigenvalue weighted by Gasteiger charge is 2.08. The molecule has 0 aliphatic heterocycles. The molecule has 0 amide bonds. The minimum absolute atomic E-state index is 0.0729. The van der Waals surface area contributed by atoms with Crippen molar-refractivity contribution in [1.29, 1.82) is 0 Å². The van der Waals surface area contributed by atoms with Gasteiger partial charge in [-0.25, -0.2) is 5.10 Å². The fourth-order valence-electron chi connectivity index (χ4n) is 2.26. The van der Waals surface area contributed by atoms with Crippen LogP contribution in [0.5, 0.6) is 23.0 Å². The van der Waals surface area contributed by atoms with Crippen LogP contribution >= 0.6 is 12.2 Å². The van der Waals surface area contributed by atoms with Gasteiger partial charge in [-0.05, 0) is 42.5 Å². The fourth-order valence-corrected chi connectivity index (χ4v) is 2.46. The molecule has 0 atom stereocenters. The van der Waals surface area contributed by atoms with Gasteiger partial charge in [-0.1, -0.05) is 6.07 Å². The summed E-state index contributed by atoms with van der Waals surface area (Å²) in [4.78, 5) is 0. The summed E-state index contributed by atoms with van der Waals surface area (Å²) in [6, 6.07) is 12.1. The second-order valence-electron chi connectivity index (χ2n) is 5.39. The Bertz CT molecular complexity index is 1010. The minimum Gasteiger partial charge on any atom is -0.507 e. The van der Waals surface area contributed by atoms with Crippen molar-refractivity contribution >= 4 is 18.4 Å². The van der Waals surface area contributed by atoms with Gasteiger partial charge in [0.25, 0.3) is 0 Å². The monoisotopic (exact) mass is 386 g/mol. The number of hydrogen-bond acceptors (Lipinski definition) is 7. The van der Waals surface area contributed by atoms with Crippen LogP contribution in [0.15, 0.2) is 47.6 Å². The van der Waals surface area contributed by atoms with Crippen LogP contribution in [0.25, 0.3) is 0 Å². The number of rotatable bonds is 7. The van der Waals surface area contributed by atoms with Gasteiger partial charge in [-0.15, -0.1) is 0 Å². The Hall–Kier alpha value is -3.33. The Balaban J connectivity index is 1.79. The van der Waals surface area contributed by atoms with Crippen LogP contribution in [-0.4, -0.2) is 40.4 Å². The highest BCUT2D eigenvalue weighted by atomic mass is 32.1. The number of hydrogen-bond donors (Lipinski definition) is 2. The standard InChI is InChI=1S/C18H18N4O4S/c1-24-13-4-3-5-15(9-13)26-11-17-20-21-18(27)22(17)19-10-12-8-14(25-2)6-7-16(12)23/h3-10,23H,11H2,1-2H3,(H,21,27)/b19-10+. The van der Waals surface area contributed by atoms with Crippen molar-refractivity contribution in [3.05, 3.63) is 58.6 Å². The number of aromatic amines is 1. The number of nitrogens with one attached hydrogen (secondary N) is 1. The summed E-state index contributed by atoms with van der Waals surface area (Å²) < 4.78 is 17.8. The van der Waals surface area contributed by atoms with Crippen molar-refractivity contribution in [3.63, 3.8) is 0 Å². The Morgan fingerprint density at radius 1 is 1.15 bits per heavy atom. The molecule has 8 nitrogen and oxygen atoms in total. The van der Waals surface area contributed by atoms with E-state index in [4.69, 9.17) is 26.4 Å². The molecule has 9 heteroatoms. The van der Waals surface area contributed by atoms with E-state index in [-0.39, 0.29) is 12.4 Å². The van der Waals surface area contributed by atoms with E-state index in [1.807, 2.05) is 18.2 Å². The first-order chi connectivity index (χ1) is 13.1. The predicted octanol–water partition coefficient (Wildman–Crippen LogP) is 3.12. The molecule has 27 heavy (non-hydrogen) atoms. The van der Waals surface area contributed by atoms with Gasteiger partial charge in [-0.3, -0.25) is 0 Å². The molecule has 3 aromatic rings. The van der Waals surface area contributed by atoms with E-state index in [9.17, 15) is 5.11 Å². The van der Waals surface area contributed by atoms with Crippen molar-refractivity contribution in [1.82, 2.24) is 14.9 Å². The molecular formula is C18H18N4O4S. The summed E-state index contributed by atoms with van der Waals surface area (Å²) in [6.45, 7) is 0.141. The Kier molecular flexibility index (Phi) is 5.72. The van der Waals surface area contributed by atoms with Crippen LogP contribution in [0, 0.1) is 4.77 Å². The fraction of sp³-hybridized carbons (Fsp3) is 0.167. The van der Waals surface area contributed by atoms with Gasteiger partial charge < -0.3 is 19.3 Å². The van der Waals surface area contributed by atoms with Gasteiger partial charge in [-0.2, -0.15) is 14.9 Å². The summed E-state index contributed by atoms with van der Waals surface area (Å²) in [5.74, 6) is 2.47. The zero-order valence-electron chi connectivity index (χ0n) is 14.7. The number of benzene rings is 2. The molecule has 0 unspecified atom stereocenters. The molecule has 0 saturated heterocycles. The van der Waals surface area contributed by atoms with E-state index in [0.29, 0.717) is 33.4 Å². The lowest BCUT2D eigenvalue weighted by Crippen LogP contribution is -2.04. The molecule has 0 bridgehead atoms. The van der Waals surface area contributed by atoms with E-state index in [1.54, 1.807) is 32.4 Å². The zero-order valence-corrected chi connectivity index (χ0v) is 15.6. The Labute approximate surface area is 160 Å². The van der Waals surface area contributed by atoms with Crippen molar-refractivity contribution in [3.8, 4) is 23.0 Å². The van der Waals surface area contributed by atoms with E-state index in [2.05, 4.69) is 15.3 Å². The lowest BCUT2D eigenvalue weighted by molar-refractivity contribution is 0.288. The highest BCUT2D eigenvalue weighted by Crippen LogP contribution is 2.22. The number of methoxy groups -OCH3 is 2. The van der Waals surface area contributed by atoms with Crippen molar-refractivity contribution in [2.75, 3.05) is 14.2 Å². The molecule has 0 fully saturated rings. The molecule has 0 aliphatic rings. The minimum atomic E-state index is 0.0729. The summed E-state index contributed by atoms with van der Waals surface area (Å²) >= 11 is 5.21. The zero-order chi connectivity index (χ0) is 19.2. The molecule has 3 rings (SSSR count). The van der Waals surface area contributed by atoms with Crippen LogP contribution in [0.3, 0.4) is 0 Å². The Morgan fingerprint density at radius 2 is 1.89 bits per heavy atom. The lowest BCUT2D eigenvalue weighted by atomic mass is 10.2. The topological polar surface area (TPSA) is 93.9 Å². The average molecular weight is 386 g/mol. The predicted molar refractivity (Wildman–Crippen MR) is 102 cm³/mol. The maximum atomic E-state index is 9.96. The third kappa shape index (κ3) is 4.45. The summed E-state index contributed by atoms with van der Waals surface area (Å²) in [5, 5.41) is 21.1. The number of H-pyrrole nitrogens is 1.